The largest absolute Gasteiger partial charge is 0.493 e. The monoisotopic (exact) mass is 442 g/mol. The smallest absolute Gasteiger partial charge is 0.335 e. The summed E-state index contributed by atoms with van der Waals surface area (Å²) in [6.07, 6.45) is 1.36. The van der Waals surface area contributed by atoms with E-state index in [2.05, 4.69) is 5.32 Å². The maximum atomic E-state index is 13.1. The van der Waals surface area contributed by atoms with E-state index in [1.807, 2.05) is 0 Å². The molecular weight excluding hydrogens is 424 g/mol. The second-order valence-electron chi connectivity index (χ2n) is 6.27. The fourth-order valence-electron chi connectivity index (χ4n) is 3.02. The molecule has 9 nitrogen and oxygen atoms in total. The summed E-state index contributed by atoms with van der Waals surface area (Å²) in [6.45, 7) is 0. The maximum absolute atomic E-state index is 13.1. The van der Waals surface area contributed by atoms with Crippen LogP contribution in [0.5, 0.6) is 17.2 Å². The summed E-state index contributed by atoms with van der Waals surface area (Å²) < 4.78 is 15.9. The second-order valence-corrected chi connectivity index (χ2v) is 6.66. The Labute approximate surface area is 182 Å². The van der Waals surface area contributed by atoms with E-state index >= 15 is 0 Å². The molecule has 1 saturated heterocycles. The molecule has 31 heavy (non-hydrogen) atoms. The van der Waals surface area contributed by atoms with Gasteiger partial charge >= 0.3 is 5.97 Å². The number of ether oxygens (including phenoxy) is 3. The zero-order valence-corrected chi connectivity index (χ0v) is 17.6. The van der Waals surface area contributed by atoms with Gasteiger partial charge < -0.3 is 19.3 Å². The number of carboxylic acid groups (broad SMARTS) is 1. The Bertz CT molecular complexity index is 1100. The van der Waals surface area contributed by atoms with Gasteiger partial charge in [0.2, 0.25) is 5.75 Å². The van der Waals surface area contributed by atoms with Crippen molar-refractivity contribution in [2.45, 2.75) is 0 Å². The van der Waals surface area contributed by atoms with E-state index in [1.165, 1.54) is 51.7 Å². The summed E-state index contributed by atoms with van der Waals surface area (Å²) in [5, 5.41) is 11.5. The third-order valence-electron chi connectivity index (χ3n) is 4.45. The average Bonchev–Trinajstić information content (AvgIpc) is 2.75. The Balaban J connectivity index is 2.07. The molecule has 1 aliphatic rings. The standard InChI is InChI=1S/C21H18N2O7S/c1-28-15-8-11(9-16(29-2)17(15)30-3)7-14-18(24)22-21(31)23(19(14)25)13-6-4-5-12(10-13)20(26)27/h4-10H,1-3H3,(H,26,27)(H,22,24,31). The lowest BCUT2D eigenvalue weighted by atomic mass is 10.1. The highest BCUT2D eigenvalue weighted by molar-refractivity contribution is 7.80. The zero-order valence-electron chi connectivity index (χ0n) is 16.8. The summed E-state index contributed by atoms with van der Waals surface area (Å²) in [7, 11) is 4.35. The van der Waals surface area contributed by atoms with Gasteiger partial charge in [-0.15, -0.1) is 0 Å². The molecule has 2 N–H and O–H groups in total. The van der Waals surface area contributed by atoms with Crippen molar-refractivity contribution < 1.29 is 33.7 Å². The Kier molecular flexibility index (Phi) is 6.21. The second kappa shape index (κ2) is 8.84. The molecule has 0 aromatic heterocycles. The molecular formula is C21H18N2O7S. The van der Waals surface area contributed by atoms with Crippen LogP contribution in [0.3, 0.4) is 0 Å². The van der Waals surface area contributed by atoms with E-state index in [0.29, 0.717) is 22.8 Å². The zero-order chi connectivity index (χ0) is 22.7. The van der Waals surface area contributed by atoms with Crippen LogP contribution in [0.2, 0.25) is 0 Å². The van der Waals surface area contributed by atoms with E-state index in [0.717, 1.165) is 4.90 Å². The van der Waals surface area contributed by atoms with E-state index in [-0.39, 0.29) is 21.9 Å². The lowest BCUT2D eigenvalue weighted by Crippen LogP contribution is -2.54. The quantitative estimate of drug-likeness (QED) is 0.398. The number of carbonyl (C=O) groups excluding carboxylic acids is 2. The number of hydrogen-bond donors (Lipinski definition) is 2. The molecule has 3 rings (SSSR count). The van der Waals surface area contributed by atoms with Crippen molar-refractivity contribution >= 4 is 46.9 Å². The fourth-order valence-corrected chi connectivity index (χ4v) is 3.30. The third-order valence-corrected chi connectivity index (χ3v) is 4.74. The van der Waals surface area contributed by atoms with Crippen LogP contribution < -0.4 is 24.4 Å². The number of carboxylic acids is 1. The predicted octanol–water partition coefficient (Wildman–Crippen LogP) is 2.24. The van der Waals surface area contributed by atoms with Gasteiger partial charge in [-0.3, -0.25) is 19.8 Å². The van der Waals surface area contributed by atoms with E-state index in [1.54, 1.807) is 12.1 Å². The number of hydrogen-bond acceptors (Lipinski definition) is 7. The number of amides is 2. The Hall–Kier alpha value is -3.92. The van der Waals surface area contributed by atoms with Gasteiger partial charge in [0.25, 0.3) is 11.8 Å². The van der Waals surface area contributed by atoms with E-state index < -0.39 is 17.8 Å². The van der Waals surface area contributed by atoms with Gasteiger partial charge in [-0.2, -0.15) is 0 Å². The molecule has 0 bridgehead atoms. The highest BCUT2D eigenvalue weighted by Gasteiger charge is 2.34. The van der Waals surface area contributed by atoms with Crippen LogP contribution in [0.4, 0.5) is 5.69 Å². The highest BCUT2D eigenvalue weighted by Crippen LogP contribution is 2.39. The minimum absolute atomic E-state index is 0.0276. The lowest BCUT2D eigenvalue weighted by molar-refractivity contribution is -0.122. The summed E-state index contributed by atoms with van der Waals surface area (Å²) in [4.78, 5) is 38.0. The van der Waals surface area contributed by atoms with Crippen molar-refractivity contribution in [2.24, 2.45) is 0 Å². The van der Waals surface area contributed by atoms with Gasteiger partial charge in [0.1, 0.15) is 5.57 Å². The summed E-state index contributed by atoms with van der Waals surface area (Å²) >= 11 is 5.14. The van der Waals surface area contributed by atoms with E-state index in [9.17, 15) is 19.5 Å². The van der Waals surface area contributed by atoms with Crippen molar-refractivity contribution in [1.82, 2.24) is 5.32 Å². The number of nitrogens with zero attached hydrogens (tertiary/aromatic N) is 1. The van der Waals surface area contributed by atoms with Crippen molar-refractivity contribution in [3.63, 3.8) is 0 Å². The minimum Gasteiger partial charge on any atom is -0.493 e. The number of carbonyl (C=O) groups is 3. The normalized spacial score (nSPS) is 15.0. The molecule has 10 heteroatoms. The first kappa shape index (κ1) is 21.8. The summed E-state index contributed by atoms with van der Waals surface area (Å²) in [5.74, 6) is -1.49. The van der Waals surface area contributed by atoms with Crippen molar-refractivity contribution in [1.29, 1.82) is 0 Å². The van der Waals surface area contributed by atoms with Gasteiger partial charge in [0.15, 0.2) is 16.6 Å². The van der Waals surface area contributed by atoms with E-state index in [4.69, 9.17) is 26.4 Å². The minimum atomic E-state index is -1.16. The summed E-state index contributed by atoms with van der Waals surface area (Å²) in [5.41, 5.74) is 0.425. The first-order valence-corrected chi connectivity index (χ1v) is 9.26. The summed E-state index contributed by atoms with van der Waals surface area (Å²) in [6, 6.07) is 8.84. The molecule has 0 aliphatic carbocycles. The van der Waals surface area contributed by atoms with Crippen molar-refractivity contribution in [3.05, 3.63) is 53.1 Å². The molecule has 0 saturated carbocycles. The number of methoxy groups -OCH3 is 3. The van der Waals surface area contributed by atoms with Crippen LogP contribution in [0.15, 0.2) is 42.0 Å². The average molecular weight is 442 g/mol. The number of rotatable bonds is 6. The topological polar surface area (TPSA) is 114 Å². The van der Waals surface area contributed by atoms with Crippen molar-refractivity contribution in [3.8, 4) is 17.2 Å². The number of thiocarbonyl (C=S) groups is 1. The molecule has 0 radical (unpaired) electrons. The van der Waals surface area contributed by atoms with Crippen LogP contribution in [-0.4, -0.2) is 49.3 Å². The Morgan fingerprint density at radius 1 is 1.06 bits per heavy atom. The SMILES string of the molecule is COc1cc(C=C2C(=O)NC(=S)N(c3cccc(C(=O)O)c3)C2=O)cc(OC)c1OC. The van der Waals surface area contributed by atoms with Crippen LogP contribution in [0.25, 0.3) is 6.08 Å². The molecule has 1 heterocycles. The fraction of sp³-hybridized carbons (Fsp3) is 0.143. The molecule has 0 spiro atoms. The van der Waals surface area contributed by atoms with Gasteiger partial charge in [-0.05, 0) is 54.2 Å². The van der Waals surface area contributed by atoms with Crippen LogP contribution >= 0.6 is 12.2 Å². The highest BCUT2D eigenvalue weighted by atomic mass is 32.1. The first-order chi connectivity index (χ1) is 14.8. The van der Waals surface area contributed by atoms with Gasteiger partial charge in [-0.1, -0.05) is 6.07 Å². The van der Waals surface area contributed by atoms with Crippen LogP contribution in [-0.2, 0) is 9.59 Å². The van der Waals surface area contributed by atoms with Crippen LogP contribution in [0, 0.1) is 0 Å². The van der Waals surface area contributed by atoms with Crippen LogP contribution in [0.1, 0.15) is 15.9 Å². The molecule has 0 unspecified atom stereocenters. The Morgan fingerprint density at radius 3 is 2.26 bits per heavy atom. The Morgan fingerprint density at radius 2 is 1.71 bits per heavy atom. The number of anilines is 1. The molecule has 2 aromatic carbocycles. The molecule has 160 valence electrons. The molecule has 1 aliphatic heterocycles. The molecule has 2 amide bonds. The molecule has 0 atom stereocenters. The van der Waals surface area contributed by atoms with Gasteiger partial charge in [0.05, 0.1) is 32.6 Å². The first-order valence-electron chi connectivity index (χ1n) is 8.85. The predicted molar refractivity (Wildman–Crippen MR) is 116 cm³/mol. The number of aromatic carboxylic acids is 1. The number of benzene rings is 2. The molecule has 1 fully saturated rings. The third kappa shape index (κ3) is 4.19. The maximum Gasteiger partial charge on any atom is 0.335 e. The lowest BCUT2D eigenvalue weighted by Gasteiger charge is -2.29. The van der Waals surface area contributed by atoms with Gasteiger partial charge in [-0.25, -0.2) is 4.79 Å². The van der Waals surface area contributed by atoms with Crippen molar-refractivity contribution in [2.75, 3.05) is 26.2 Å². The molecule has 2 aromatic rings. The number of nitrogens with one attached hydrogen (secondary N) is 1. The van der Waals surface area contributed by atoms with Gasteiger partial charge in [0, 0.05) is 0 Å².